The van der Waals surface area contributed by atoms with Gasteiger partial charge in [0.15, 0.2) is 0 Å². The fourth-order valence-corrected chi connectivity index (χ4v) is 1.25. The second-order valence-corrected chi connectivity index (χ2v) is 3.63. The van der Waals surface area contributed by atoms with E-state index in [2.05, 4.69) is 5.32 Å². The van der Waals surface area contributed by atoms with Crippen molar-refractivity contribution in [3.05, 3.63) is 35.4 Å². The van der Waals surface area contributed by atoms with Crippen molar-refractivity contribution in [2.45, 2.75) is 19.9 Å². The van der Waals surface area contributed by atoms with Crippen LogP contribution in [0.3, 0.4) is 0 Å². The maximum Gasteiger partial charge on any atom is 0.219 e. The molecule has 15 heavy (non-hydrogen) atoms. The van der Waals surface area contributed by atoms with Crippen LogP contribution < -0.4 is 11.1 Å². The van der Waals surface area contributed by atoms with E-state index in [0.29, 0.717) is 18.0 Å². The first-order valence-corrected chi connectivity index (χ1v) is 5.19. The van der Waals surface area contributed by atoms with Crippen molar-refractivity contribution < 1.29 is 4.79 Å². The lowest BCUT2D eigenvalue weighted by molar-refractivity contribution is -0.120. The molecule has 0 aliphatic carbocycles. The van der Waals surface area contributed by atoms with Gasteiger partial charge in [0.2, 0.25) is 5.91 Å². The van der Waals surface area contributed by atoms with E-state index in [9.17, 15) is 4.79 Å². The van der Waals surface area contributed by atoms with Crippen molar-refractivity contribution in [2.24, 2.45) is 5.73 Å². The topological polar surface area (TPSA) is 55.1 Å². The molecule has 0 unspecified atom stereocenters. The molecule has 0 saturated heterocycles. The molecule has 3 nitrogen and oxygen atoms in total. The Morgan fingerprint density at radius 1 is 1.40 bits per heavy atom. The molecule has 0 bridgehead atoms. The van der Waals surface area contributed by atoms with Crippen molar-refractivity contribution in [1.29, 1.82) is 0 Å². The van der Waals surface area contributed by atoms with Gasteiger partial charge in [0.1, 0.15) is 4.99 Å². The molecule has 0 aliphatic rings. The summed E-state index contributed by atoms with van der Waals surface area (Å²) in [6.45, 7) is 2.37. The lowest BCUT2D eigenvalue weighted by Gasteiger charge is -2.04. The van der Waals surface area contributed by atoms with E-state index in [1.54, 1.807) is 0 Å². The van der Waals surface area contributed by atoms with Gasteiger partial charge in [-0.3, -0.25) is 4.79 Å². The van der Waals surface area contributed by atoms with Gasteiger partial charge in [-0.1, -0.05) is 43.4 Å². The van der Waals surface area contributed by atoms with E-state index in [4.69, 9.17) is 18.0 Å². The zero-order valence-electron chi connectivity index (χ0n) is 8.62. The third-order valence-electron chi connectivity index (χ3n) is 2.05. The number of hydrogen-bond donors (Lipinski definition) is 2. The summed E-state index contributed by atoms with van der Waals surface area (Å²) in [5.74, 6) is 0.0495. The van der Waals surface area contributed by atoms with E-state index in [1.807, 2.05) is 31.2 Å². The number of thiocarbonyl (C=S) groups is 1. The van der Waals surface area contributed by atoms with Gasteiger partial charge >= 0.3 is 0 Å². The molecule has 0 aromatic heterocycles. The van der Waals surface area contributed by atoms with Crippen LogP contribution in [0.25, 0.3) is 0 Å². The van der Waals surface area contributed by atoms with Crippen molar-refractivity contribution in [3.8, 4) is 0 Å². The molecule has 1 rings (SSSR count). The first-order chi connectivity index (χ1) is 7.13. The summed E-state index contributed by atoms with van der Waals surface area (Å²) in [5, 5.41) is 2.79. The third kappa shape index (κ3) is 3.67. The second kappa shape index (κ2) is 5.46. The van der Waals surface area contributed by atoms with Crippen LogP contribution in [0.5, 0.6) is 0 Å². The van der Waals surface area contributed by atoms with Gasteiger partial charge in [-0.2, -0.15) is 0 Å². The largest absolute Gasteiger partial charge is 0.389 e. The molecule has 0 heterocycles. The fraction of sp³-hybridized carbons (Fsp3) is 0.273. The quantitative estimate of drug-likeness (QED) is 0.756. The van der Waals surface area contributed by atoms with Gasteiger partial charge in [0, 0.05) is 18.5 Å². The Kier molecular flexibility index (Phi) is 4.24. The molecule has 0 aliphatic heterocycles. The Bertz CT molecular complexity index is 359. The molecular formula is C11H14N2OS. The normalized spacial score (nSPS) is 9.67. The highest BCUT2D eigenvalue weighted by Crippen LogP contribution is 2.04. The number of carbonyl (C=O) groups is 1. The fourth-order valence-electron chi connectivity index (χ4n) is 1.11. The lowest BCUT2D eigenvalue weighted by Crippen LogP contribution is -2.21. The predicted molar refractivity (Wildman–Crippen MR) is 64.5 cm³/mol. The van der Waals surface area contributed by atoms with Crippen molar-refractivity contribution in [3.63, 3.8) is 0 Å². The van der Waals surface area contributed by atoms with Crippen LogP contribution in [-0.4, -0.2) is 10.9 Å². The highest BCUT2D eigenvalue weighted by molar-refractivity contribution is 7.80. The maximum atomic E-state index is 11.0. The number of rotatable bonds is 4. The zero-order chi connectivity index (χ0) is 11.3. The molecule has 4 heteroatoms. The number of hydrogen-bond acceptors (Lipinski definition) is 2. The van der Waals surface area contributed by atoms with Crippen molar-refractivity contribution in [2.75, 3.05) is 0 Å². The second-order valence-electron chi connectivity index (χ2n) is 3.19. The molecule has 0 radical (unpaired) electrons. The maximum absolute atomic E-state index is 11.0. The average Bonchev–Trinajstić information content (AvgIpc) is 2.26. The number of nitrogens with two attached hydrogens (primary N) is 1. The minimum absolute atomic E-state index is 0.0495. The lowest BCUT2D eigenvalue weighted by atomic mass is 10.1. The van der Waals surface area contributed by atoms with Gasteiger partial charge in [0.05, 0.1) is 0 Å². The first-order valence-electron chi connectivity index (χ1n) is 4.79. The molecule has 80 valence electrons. The van der Waals surface area contributed by atoms with Crippen LogP contribution in [0.2, 0.25) is 0 Å². The van der Waals surface area contributed by atoms with Crippen molar-refractivity contribution in [1.82, 2.24) is 5.32 Å². The summed E-state index contributed by atoms with van der Waals surface area (Å²) >= 11 is 4.84. The van der Waals surface area contributed by atoms with E-state index >= 15 is 0 Å². The van der Waals surface area contributed by atoms with Crippen LogP contribution >= 0.6 is 12.2 Å². The Hall–Kier alpha value is -1.42. The highest BCUT2D eigenvalue weighted by atomic mass is 32.1. The smallest absolute Gasteiger partial charge is 0.219 e. The average molecular weight is 222 g/mol. The molecule has 0 spiro atoms. The van der Waals surface area contributed by atoms with Gasteiger partial charge in [-0.25, -0.2) is 0 Å². The summed E-state index contributed by atoms with van der Waals surface area (Å²) in [4.78, 5) is 11.4. The SMILES string of the molecule is CCC(=O)NCc1ccc(C(N)=S)cc1. The minimum Gasteiger partial charge on any atom is -0.389 e. The standard InChI is InChI=1S/C11H14N2OS/c1-2-10(14)13-7-8-3-5-9(6-4-8)11(12)15/h3-6H,2,7H2,1H3,(H2,12,15)(H,13,14). The van der Waals surface area contributed by atoms with Crippen molar-refractivity contribution >= 4 is 23.1 Å². The summed E-state index contributed by atoms with van der Waals surface area (Å²) < 4.78 is 0. The van der Waals surface area contributed by atoms with E-state index in [-0.39, 0.29) is 5.91 Å². The Morgan fingerprint density at radius 2 is 2.00 bits per heavy atom. The molecule has 0 atom stereocenters. The Morgan fingerprint density at radius 3 is 2.47 bits per heavy atom. The minimum atomic E-state index is 0.0495. The number of benzene rings is 1. The Balaban J connectivity index is 2.57. The van der Waals surface area contributed by atoms with Crippen LogP contribution in [-0.2, 0) is 11.3 Å². The van der Waals surface area contributed by atoms with Gasteiger partial charge in [-0.05, 0) is 5.56 Å². The van der Waals surface area contributed by atoms with Gasteiger partial charge < -0.3 is 11.1 Å². The van der Waals surface area contributed by atoms with Crippen LogP contribution in [0.15, 0.2) is 24.3 Å². The highest BCUT2D eigenvalue weighted by Gasteiger charge is 1.99. The molecule has 0 fully saturated rings. The number of amides is 1. The molecule has 0 saturated carbocycles. The van der Waals surface area contributed by atoms with Gasteiger partial charge in [0.25, 0.3) is 0 Å². The zero-order valence-corrected chi connectivity index (χ0v) is 9.43. The van der Waals surface area contributed by atoms with Crippen LogP contribution in [0.4, 0.5) is 0 Å². The summed E-state index contributed by atoms with van der Waals surface area (Å²) in [6.07, 6.45) is 0.505. The summed E-state index contributed by atoms with van der Waals surface area (Å²) in [5.41, 5.74) is 7.35. The van der Waals surface area contributed by atoms with Crippen LogP contribution in [0.1, 0.15) is 24.5 Å². The molecular weight excluding hydrogens is 208 g/mol. The third-order valence-corrected chi connectivity index (χ3v) is 2.28. The molecule has 1 aromatic carbocycles. The summed E-state index contributed by atoms with van der Waals surface area (Å²) in [7, 11) is 0. The molecule has 3 N–H and O–H groups in total. The predicted octanol–water partition coefficient (Wildman–Crippen LogP) is 1.35. The van der Waals surface area contributed by atoms with E-state index < -0.39 is 0 Å². The first kappa shape index (κ1) is 11.7. The van der Waals surface area contributed by atoms with Crippen LogP contribution in [0, 0.1) is 0 Å². The number of nitrogens with one attached hydrogen (secondary N) is 1. The Labute approximate surface area is 94.7 Å². The number of carbonyl (C=O) groups excluding carboxylic acids is 1. The monoisotopic (exact) mass is 222 g/mol. The van der Waals surface area contributed by atoms with E-state index in [0.717, 1.165) is 11.1 Å². The molecule has 1 aromatic rings. The van der Waals surface area contributed by atoms with Gasteiger partial charge in [-0.15, -0.1) is 0 Å². The summed E-state index contributed by atoms with van der Waals surface area (Å²) in [6, 6.07) is 7.53. The molecule has 1 amide bonds. The van der Waals surface area contributed by atoms with E-state index in [1.165, 1.54) is 0 Å².